The highest BCUT2D eigenvalue weighted by molar-refractivity contribution is 9.10. The van der Waals surface area contributed by atoms with E-state index in [0.29, 0.717) is 11.4 Å². The van der Waals surface area contributed by atoms with Crippen molar-refractivity contribution in [2.45, 2.75) is 58.1 Å². The van der Waals surface area contributed by atoms with Gasteiger partial charge >= 0.3 is 0 Å². The van der Waals surface area contributed by atoms with Gasteiger partial charge in [-0.3, -0.25) is 9.69 Å². The highest BCUT2D eigenvalue weighted by Gasteiger charge is 2.24. The number of anilines is 1. The van der Waals surface area contributed by atoms with Gasteiger partial charge in [-0.2, -0.15) is 5.10 Å². The molecule has 2 fully saturated rings. The number of benzene rings is 1. The van der Waals surface area contributed by atoms with E-state index in [9.17, 15) is 4.79 Å². The van der Waals surface area contributed by atoms with Crippen LogP contribution in [0.4, 0.5) is 5.69 Å². The molecular formula is C23H28BrN5O3S. The number of rotatable bonds is 5. The van der Waals surface area contributed by atoms with Gasteiger partial charge in [0.15, 0.2) is 0 Å². The monoisotopic (exact) mass is 533 g/mol. The van der Waals surface area contributed by atoms with Crippen LogP contribution >= 0.6 is 27.3 Å². The van der Waals surface area contributed by atoms with Crippen molar-refractivity contribution in [1.82, 2.24) is 19.7 Å². The van der Waals surface area contributed by atoms with Crippen LogP contribution in [-0.2, 0) is 16.0 Å². The molecule has 3 atom stereocenters. The van der Waals surface area contributed by atoms with E-state index in [4.69, 9.17) is 14.6 Å². The normalized spacial score (nSPS) is 24.3. The lowest BCUT2D eigenvalue weighted by molar-refractivity contribution is -0.0705. The summed E-state index contributed by atoms with van der Waals surface area (Å²) in [4.78, 5) is 20.0. The fraction of sp³-hybridized carbons (Fsp3) is 0.522. The largest absolute Gasteiger partial charge is 0.373 e. The Morgan fingerprint density at radius 3 is 2.85 bits per heavy atom. The Kier molecular flexibility index (Phi) is 6.80. The molecule has 10 heteroatoms. The smallest absolute Gasteiger partial charge is 0.275 e. The fourth-order valence-corrected chi connectivity index (χ4v) is 5.83. The van der Waals surface area contributed by atoms with Gasteiger partial charge in [-0.25, -0.2) is 9.67 Å². The molecule has 0 aliphatic carbocycles. The molecule has 33 heavy (non-hydrogen) atoms. The topological polar surface area (TPSA) is 81.5 Å². The predicted molar refractivity (Wildman–Crippen MR) is 132 cm³/mol. The minimum absolute atomic E-state index is 0.0554. The second kappa shape index (κ2) is 9.79. The van der Waals surface area contributed by atoms with Crippen LogP contribution in [0.25, 0.3) is 10.9 Å². The molecule has 3 aromatic rings. The van der Waals surface area contributed by atoms with Crippen molar-refractivity contribution < 1.29 is 14.3 Å². The molecule has 0 radical (unpaired) electrons. The van der Waals surface area contributed by atoms with Crippen LogP contribution in [0.15, 0.2) is 28.2 Å². The Bertz CT molecular complexity index is 1130. The van der Waals surface area contributed by atoms with Crippen LogP contribution in [0.5, 0.6) is 0 Å². The van der Waals surface area contributed by atoms with E-state index in [1.54, 1.807) is 0 Å². The first-order valence-electron chi connectivity index (χ1n) is 11.4. The van der Waals surface area contributed by atoms with E-state index in [-0.39, 0.29) is 24.3 Å². The summed E-state index contributed by atoms with van der Waals surface area (Å²) in [6.45, 7) is 7.40. The van der Waals surface area contributed by atoms with Crippen LogP contribution in [0.3, 0.4) is 0 Å². The summed E-state index contributed by atoms with van der Waals surface area (Å²) in [7, 11) is 0. The lowest BCUT2D eigenvalue weighted by atomic mass is 10.2. The first-order valence-corrected chi connectivity index (χ1v) is 13.1. The summed E-state index contributed by atoms with van der Waals surface area (Å²) >= 11 is 5.06. The zero-order valence-corrected chi connectivity index (χ0v) is 21.2. The Labute approximate surface area is 205 Å². The molecule has 2 saturated heterocycles. The van der Waals surface area contributed by atoms with E-state index >= 15 is 0 Å². The molecule has 2 aliphatic heterocycles. The molecule has 0 saturated carbocycles. The summed E-state index contributed by atoms with van der Waals surface area (Å²) in [6.07, 6.45) is 5.47. The van der Waals surface area contributed by atoms with Gasteiger partial charge in [0.2, 0.25) is 0 Å². The number of ether oxygens (including phenoxy) is 2. The fourth-order valence-electron chi connectivity index (χ4n) is 4.57. The van der Waals surface area contributed by atoms with Gasteiger partial charge in [0.1, 0.15) is 16.9 Å². The second-order valence-corrected chi connectivity index (χ2v) is 10.7. The molecule has 3 unspecified atom stereocenters. The van der Waals surface area contributed by atoms with Crippen LogP contribution in [0.1, 0.15) is 54.8 Å². The number of amides is 1. The van der Waals surface area contributed by atoms with Gasteiger partial charge in [-0.05, 0) is 45.2 Å². The maximum Gasteiger partial charge on any atom is 0.275 e. The maximum absolute atomic E-state index is 13.0. The molecule has 1 amide bonds. The molecule has 4 heterocycles. The molecule has 1 aromatic carbocycles. The zero-order chi connectivity index (χ0) is 22.9. The summed E-state index contributed by atoms with van der Waals surface area (Å²) in [5.41, 5.74) is 1.95. The highest BCUT2D eigenvalue weighted by Crippen LogP contribution is 2.31. The Hall–Kier alpha value is -1.85. The number of morpholine rings is 1. The van der Waals surface area contributed by atoms with E-state index in [1.165, 1.54) is 11.3 Å². The maximum atomic E-state index is 13.0. The minimum Gasteiger partial charge on any atom is -0.373 e. The number of halogens is 1. The molecule has 8 nitrogen and oxygen atoms in total. The number of nitrogens with zero attached hydrogens (tertiary/aromatic N) is 4. The van der Waals surface area contributed by atoms with Gasteiger partial charge in [-0.1, -0.05) is 15.9 Å². The summed E-state index contributed by atoms with van der Waals surface area (Å²) in [6, 6.07) is 3.85. The van der Waals surface area contributed by atoms with Gasteiger partial charge in [0, 0.05) is 41.1 Å². The molecule has 2 aromatic heterocycles. The number of nitrogens with one attached hydrogen (secondary N) is 1. The van der Waals surface area contributed by atoms with Crippen molar-refractivity contribution in [2.24, 2.45) is 0 Å². The van der Waals surface area contributed by atoms with Crippen molar-refractivity contribution in [3.8, 4) is 0 Å². The number of fused-ring (bicyclic) bond motifs is 1. The molecule has 5 rings (SSSR count). The third kappa shape index (κ3) is 5.30. The van der Waals surface area contributed by atoms with Crippen LogP contribution in [0, 0.1) is 0 Å². The quantitative estimate of drug-likeness (QED) is 0.506. The van der Waals surface area contributed by atoms with Crippen molar-refractivity contribution in [1.29, 1.82) is 0 Å². The predicted octanol–water partition coefficient (Wildman–Crippen LogP) is 4.82. The van der Waals surface area contributed by atoms with Crippen LogP contribution < -0.4 is 5.32 Å². The Balaban J connectivity index is 1.31. The molecular weight excluding hydrogens is 506 g/mol. The molecule has 176 valence electrons. The number of thiazole rings is 1. The first kappa shape index (κ1) is 22.9. The third-order valence-electron chi connectivity index (χ3n) is 5.94. The zero-order valence-electron chi connectivity index (χ0n) is 18.8. The second-order valence-electron chi connectivity index (χ2n) is 8.85. The van der Waals surface area contributed by atoms with Gasteiger partial charge in [0.25, 0.3) is 5.91 Å². The molecule has 0 spiro atoms. The van der Waals surface area contributed by atoms with Gasteiger partial charge in [0.05, 0.1) is 30.0 Å². The number of carbonyl (C=O) groups is 1. The lowest BCUT2D eigenvalue weighted by Crippen LogP contribution is -2.44. The van der Waals surface area contributed by atoms with Crippen molar-refractivity contribution >= 4 is 49.8 Å². The third-order valence-corrected chi connectivity index (χ3v) is 7.24. The standard InChI is InChI=1S/C23H28BrN5O3S/c1-14-9-28(10-15(2)32-14)12-21-25-20(13-33-21)23(30)26-18-7-16(24)8-19-17(18)11-29(27-19)22-5-3-4-6-31-22/h7-8,11,13-15,22H,3-6,9-10,12H2,1-2H3,(H,26,30). The molecule has 1 N–H and O–H groups in total. The van der Waals surface area contributed by atoms with Crippen molar-refractivity contribution in [2.75, 3.05) is 25.0 Å². The molecule has 2 aliphatic rings. The summed E-state index contributed by atoms with van der Waals surface area (Å²) in [5.74, 6) is -0.220. The lowest BCUT2D eigenvalue weighted by Gasteiger charge is -2.34. The summed E-state index contributed by atoms with van der Waals surface area (Å²) < 4.78 is 14.4. The number of hydrogen-bond acceptors (Lipinski definition) is 7. The van der Waals surface area contributed by atoms with E-state index in [0.717, 1.165) is 65.9 Å². The average Bonchev–Trinajstić information content (AvgIpc) is 3.41. The number of aromatic nitrogens is 3. The van der Waals surface area contributed by atoms with Gasteiger partial charge in [-0.15, -0.1) is 11.3 Å². The van der Waals surface area contributed by atoms with Crippen molar-refractivity contribution in [3.63, 3.8) is 0 Å². The van der Waals surface area contributed by atoms with Crippen LogP contribution in [-0.4, -0.2) is 57.5 Å². The molecule has 0 bridgehead atoms. The SMILES string of the molecule is CC1CN(Cc2nc(C(=O)Nc3cc(Br)cc4nn(C5CCCCO5)cc34)cs2)CC(C)O1. The van der Waals surface area contributed by atoms with E-state index < -0.39 is 0 Å². The minimum atomic E-state index is -0.220. The number of hydrogen-bond donors (Lipinski definition) is 1. The van der Waals surface area contributed by atoms with E-state index in [2.05, 4.69) is 45.0 Å². The van der Waals surface area contributed by atoms with Gasteiger partial charge < -0.3 is 14.8 Å². The Morgan fingerprint density at radius 2 is 2.09 bits per heavy atom. The highest BCUT2D eigenvalue weighted by atomic mass is 79.9. The number of carbonyl (C=O) groups excluding carboxylic acids is 1. The van der Waals surface area contributed by atoms with E-state index in [1.807, 2.05) is 28.4 Å². The van der Waals surface area contributed by atoms with Crippen molar-refractivity contribution in [3.05, 3.63) is 38.9 Å². The average molecular weight is 534 g/mol. The Morgan fingerprint density at radius 1 is 1.27 bits per heavy atom. The van der Waals surface area contributed by atoms with Crippen LogP contribution in [0.2, 0.25) is 0 Å². The summed E-state index contributed by atoms with van der Waals surface area (Å²) in [5, 5.41) is 11.4. The first-order chi connectivity index (χ1) is 15.9.